The van der Waals surface area contributed by atoms with Crippen molar-refractivity contribution < 1.29 is 23.6 Å². The zero-order chi connectivity index (χ0) is 19.3. The minimum atomic E-state index is -0.447. The Morgan fingerprint density at radius 1 is 1.19 bits per heavy atom. The van der Waals surface area contributed by atoms with E-state index in [0.717, 1.165) is 10.5 Å². The maximum atomic E-state index is 13.1. The third-order valence-electron chi connectivity index (χ3n) is 4.25. The van der Waals surface area contributed by atoms with Gasteiger partial charge in [0.05, 0.1) is 32.0 Å². The summed E-state index contributed by atoms with van der Waals surface area (Å²) in [6, 6.07) is 9.20. The highest BCUT2D eigenvalue weighted by atomic mass is 35.5. The standard InChI is InChI=1S/C19H22ClFN2O3/c1-12(19(24)22-16-7-6-14(21)10-15(16)20)23(2)11-13-5-8-17(25-3)18(9-13)26-4/h5-10,12H,11H2,1-4H3,(H,22,24)/p+1/t12-/m1/s1. The lowest BCUT2D eigenvalue weighted by molar-refractivity contribution is -0.907. The van der Waals surface area contributed by atoms with Gasteiger partial charge in [-0.15, -0.1) is 0 Å². The van der Waals surface area contributed by atoms with E-state index in [-0.39, 0.29) is 17.0 Å². The Balaban J connectivity index is 2.04. The molecule has 2 N–H and O–H groups in total. The molecule has 0 fully saturated rings. The largest absolute Gasteiger partial charge is 0.493 e. The molecule has 0 spiro atoms. The average molecular weight is 382 g/mol. The maximum absolute atomic E-state index is 13.1. The molecule has 0 aromatic heterocycles. The highest BCUT2D eigenvalue weighted by molar-refractivity contribution is 6.33. The summed E-state index contributed by atoms with van der Waals surface area (Å²) in [5.74, 6) is 0.660. The molecule has 0 aliphatic carbocycles. The van der Waals surface area contributed by atoms with Gasteiger partial charge in [0.1, 0.15) is 12.4 Å². The molecule has 2 aromatic rings. The van der Waals surface area contributed by atoms with Crippen LogP contribution in [-0.4, -0.2) is 33.2 Å². The van der Waals surface area contributed by atoms with E-state index in [4.69, 9.17) is 21.1 Å². The van der Waals surface area contributed by atoms with Crippen LogP contribution in [0.2, 0.25) is 5.02 Å². The molecule has 0 aliphatic heterocycles. The monoisotopic (exact) mass is 381 g/mol. The van der Waals surface area contributed by atoms with Gasteiger partial charge in [-0.1, -0.05) is 11.6 Å². The van der Waals surface area contributed by atoms with Crippen LogP contribution in [-0.2, 0) is 11.3 Å². The first kappa shape index (κ1) is 20.0. The van der Waals surface area contributed by atoms with Gasteiger partial charge in [0, 0.05) is 5.56 Å². The van der Waals surface area contributed by atoms with E-state index in [1.54, 1.807) is 14.2 Å². The van der Waals surface area contributed by atoms with Gasteiger partial charge in [-0.3, -0.25) is 4.79 Å². The molecule has 0 saturated carbocycles. The van der Waals surface area contributed by atoms with Crippen molar-refractivity contribution in [3.63, 3.8) is 0 Å². The van der Waals surface area contributed by atoms with Crippen LogP contribution in [0.15, 0.2) is 36.4 Å². The summed E-state index contributed by atoms with van der Waals surface area (Å²) < 4.78 is 23.7. The minimum Gasteiger partial charge on any atom is -0.493 e. The van der Waals surface area contributed by atoms with Crippen molar-refractivity contribution in [3.8, 4) is 11.5 Å². The first-order valence-electron chi connectivity index (χ1n) is 8.14. The van der Waals surface area contributed by atoms with Gasteiger partial charge in [0.15, 0.2) is 17.5 Å². The predicted octanol–water partition coefficient (Wildman–Crippen LogP) is 2.54. The Bertz CT molecular complexity index is 785. The number of benzene rings is 2. The molecule has 2 rings (SSSR count). The summed E-state index contributed by atoms with van der Waals surface area (Å²) >= 11 is 5.96. The number of quaternary nitrogens is 1. The number of halogens is 2. The first-order valence-corrected chi connectivity index (χ1v) is 8.52. The third-order valence-corrected chi connectivity index (χ3v) is 4.57. The van der Waals surface area contributed by atoms with Crippen LogP contribution in [0.3, 0.4) is 0 Å². The van der Waals surface area contributed by atoms with Crippen molar-refractivity contribution in [1.82, 2.24) is 0 Å². The number of hydrogen-bond acceptors (Lipinski definition) is 3. The number of nitrogens with one attached hydrogen (secondary N) is 2. The van der Waals surface area contributed by atoms with Crippen molar-refractivity contribution >= 4 is 23.2 Å². The summed E-state index contributed by atoms with van der Waals surface area (Å²) in [7, 11) is 5.09. The number of carbonyl (C=O) groups excluding carboxylic acids is 1. The fraction of sp³-hybridized carbons (Fsp3) is 0.316. The summed E-state index contributed by atoms with van der Waals surface area (Å²) in [6.45, 7) is 2.44. The van der Waals surface area contributed by atoms with E-state index in [9.17, 15) is 9.18 Å². The number of hydrogen-bond donors (Lipinski definition) is 2. The zero-order valence-electron chi connectivity index (χ0n) is 15.2. The minimum absolute atomic E-state index is 0.170. The molecule has 2 aromatic carbocycles. The van der Waals surface area contributed by atoms with Gasteiger partial charge in [0.25, 0.3) is 5.91 Å². The van der Waals surface area contributed by atoms with Crippen LogP contribution in [0.4, 0.5) is 10.1 Å². The molecule has 140 valence electrons. The van der Waals surface area contributed by atoms with Crippen LogP contribution >= 0.6 is 11.6 Å². The smallest absolute Gasteiger partial charge is 0.282 e. The summed E-state index contributed by atoms with van der Waals surface area (Å²) in [6.07, 6.45) is 0. The molecule has 0 aliphatic rings. The Morgan fingerprint density at radius 2 is 1.88 bits per heavy atom. The molecule has 0 heterocycles. The average Bonchev–Trinajstić information content (AvgIpc) is 2.63. The van der Waals surface area contributed by atoms with Gasteiger partial charge < -0.3 is 19.7 Å². The normalized spacial score (nSPS) is 13.0. The molecular formula is C19H23ClFN2O3+. The van der Waals surface area contributed by atoms with Gasteiger partial charge in [0.2, 0.25) is 0 Å². The van der Waals surface area contributed by atoms with Crippen molar-refractivity contribution in [2.75, 3.05) is 26.6 Å². The van der Waals surface area contributed by atoms with E-state index in [0.29, 0.717) is 23.7 Å². The molecule has 1 amide bonds. The van der Waals surface area contributed by atoms with Crippen LogP contribution in [0.25, 0.3) is 0 Å². The Morgan fingerprint density at radius 3 is 2.50 bits per heavy atom. The summed E-state index contributed by atoms with van der Waals surface area (Å²) in [5, 5.41) is 2.91. The zero-order valence-corrected chi connectivity index (χ0v) is 16.0. The molecule has 0 radical (unpaired) electrons. The second-order valence-corrected chi connectivity index (χ2v) is 6.45. The lowest BCUT2D eigenvalue weighted by Gasteiger charge is -2.22. The number of rotatable bonds is 7. The van der Waals surface area contributed by atoms with Crippen LogP contribution in [0.1, 0.15) is 12.5 Å². The molecule has 7 heteroatoms. The fourth-order valence-electron chi connectivity index (χ4n) is 2.52. The molecule has 0 bridgehead atoms. The Hall–Kier alpha value is -2.31. The van der Waals surface area contributed by atoms with Crippen molar-refractivity contribution in [2.24, 2.45) is 0 Å². The second kappa shape index (κ2) is 8.87. The lowest BCUT2D eigenvalue weighted by Crippen LogP contribution is -3.12. The molecule has 2 atom stereocenters. The SMILES string of the molecule is COc1ccc(C[NH+](C)[C@H](C)C(=O)Nc2ccc(F)cc2Cl)cc1OC. The van der Waals surface area contributed by atoms with Crippen molar-refractivity contribution in [1.29, 1.82) is 0 Å². The molecule has 26 heavy (non-hydrogen) atoms. The number of ether oxygens (including phenoxy) is 2. The molecule has 5 nitrogen and oxygen atoms in total. The summed E-state index contributed by atoms with van der Waals surface area (Å²) in [4.78, 5) is 13.5. The molecular weight excluding hydrogens is 359 g/mol. The lowest BCUT2D eigenvalue weighted by atomic mass is 10.1. The predicted molar refractivity (Wildman–Crippen MR) is 99.6 cm³/mol. The van der Waals surface area contributed by atoms with E-state index >= 15 is 0 Å². The highest BCUT2D eigenvalue weighted by Crippen LogP contribution is 2.27. The van der Waals surface area contributed by atoms with E-state index in [2.05, 4.69) is 5.32 Å². The Kier molecular flexibility index (Phi) is 6.83. The van der Waals surface area contributed by atoms with Gasteiger partial charge in [-0.25, -0.2) is 4.39 Å². The number of amides is 1. The fourth-order valence-corrected chi connectivity index (χ4v) is 2.74. The Labute approximate surface area is 157 Å². The van der Waals surface area contributed by atoms with Gasteiger partial charge in [-0.05, 0) is 43.3 Å². The van der Waals surface area contributed by atoms with Crippen LogP contribution in [0.5, 0.6) is 11.5 Å². The topological polar surface area (TPSA) is 52.0 Å². The number of anilines is 1. The van der Waals surface area contributed by atoms with Gasteiger partial charge in [-0.2, -0.15) is 0 Å². The molecule has 0 saturated heterocycles. The van der Waals surface area contributed by atoms with Crippen LogP contribution in [0, 0.1) is 5.82 Å². The third kappa shape index (κ3) is 4.86. The number of likely N-dealkylation sites (N-methyl/N-ethyl adjacent to an activating group) is 1. The van der Waals surface area contributed by atoms with Crippen molar-refractivity contribution in [3.05, 3.63) is 52.8 Å². The van der Waals surface area contributed by atoms with E-state index in [1.165, 1.54) is 18.2 Å². The van der Waals surface area contributed by atoms with Crippen LogP contribution < -0.4 is 19.7 Å². The molecule has 1 unspecified atom stereocenters. The second-order valence-electron chi connectivity index (χ2n) is 6.05. The van der Waals surface area contributed by atoms with Gasteiger partial charge >= 0.3 is 0 Å². The first-order chi connectivity index (χ1) is 12.3. The summed E-state index contributed by atoms with van der Waals surface area (Å²) in [5.41, 5.74) is 1.41. The van der Waals surface area contributed by atoms with Crippen molar-refractivity contribution in [2.45, 2.75) is 19.5 Å². The number of carbonyl (C=O) groups is 1. The van der Waals surface area contributed by atoms with E-state index in [1.807, 2.05) is 32.2 Å². The maximum Gasteiger partial charge on any atom is 0.282 e. The quantitative estimate of drug-likeness (QED) is 0.775. The number of methoxy groups -OCH3 is 2. The highest BCUT2D eigenvalue weighted by Gasteiger charge is 2.23. The van der Waals surface area contributed by atoms with E-state index < -0.39 is 5.82 Å².